The van der Waals surface area contributed by atoms with E-state index in [-0.39, 0.29) is 24.9 Å². The smallest absolute Gasteiger partial charge is 0.320 e. The van der Waals surface area contributed by atoms with Crippen molar-refractivity contribution >= 4 is 17.6 Å². The maximum atomic E-state index is 11.8. The molecule has 1 N–H and O–H groups in total. The van der Waals surface area contributed by atoms with E-state index in [1.165, 1.54) is 7.11 Å². The first-order valence-corrected chi connectivity index (χ1v) is 8.25. The first kappa shape index (κ1) is 21.5. The third-order valence-corrected chi connectivity index (χ3v) is 3.79. The Balaban J connectivity index is 3.01. The first-order chi connectivity index (χ1) is 12.1. The van der Waals surface area contributed by atoms with Gasteiger partial charge < -0.3 is 14.8 Å². The third kappa shape index (κ3) is 6.38. The molecule has 0 unspecified atom stereocenters. The number of nitrogens with zero attached hydrogens (tertiary/aromatic N) is 3. The first-order valence-electron chi connectivity index (χ1n) is 8.25. The lowest BCUT2D eigenvalue weighted by atomic mass is 9.93. The second-order valence-electron chi connectivity index (χ2n) is 6.92. The molecule has 8 nitrogen and oxygen atoms in total. The summed E-state index contributed by atoms with van der Waals surface area (Å²) in [5.74, 6) is -0.728. The molecule has 0 saturated carbocycles. The number of hydrogen-bond donors (Lipinski definition) is 1. The van der Waals surface area contributed by atoms with Crippen molar-refractivity contribution in [3.63, 3.8) is 0 Å². The second-order valence-corrected chi connectivity index (χ2v) is 6.92. The van der Waals surface area contributed by atoms with E-state index in [4.69, 9.17) is 15.0 Å². The number of benzene rings is 1. The highest BCUT2D eigenvalue weighted by Crippen LogP contribution is 2.29. The minimum atomic E-state index is -0.541. The molecule has 0 fully saturated rings. The van der Waals surface area contributed by atoms with E-state index >= 15 is 0 Å². The van der Waals surface area contributed by atoms with Gasteiger partial charge in [0.15, 0.2) is 0 Å². The van der Waals surface area contributed by atoms with Crippen LogP contribution in [0.3, 0.4) is 0 Å². The van der Waals surface area contributed by atoms with Gasteiger partial charge in [0.2, 0.25) is 0 Å². The van der Waals surface area contributed by atoms with Crippen LogP contribution in [-0.4, -0.2) is 31.2 Å². The summed E-state index contributed by atoms with van der Waals surface area (Å²) in [5, 5.41) is 6.73. The van der Waals surface area contributed by atoms with Gasteiger partial charge in [-0.1, -0.05) is 5.11 Å². The van der Waals surface area contributed by atoms with E-state index in [0.717, 1.165) is 22.3 Å². The normalized spacial score (nSPS) is 10.8. The highest BCUT2D eigenvalue weighted by molar-refractivity contribution is 5.75. The topological polar surface area (TPSA) is 113 Å². The fourth-order valence-electron chi connectivity index (χ4n) is 2.51. The summed E-state index contributed by atoms with van der Waals surface area (Å²) in [6.07, 6.45) is 0.0853. The molecule has 0 heterocycles. The molecule has 0 aliphatic rings. The van der Waals surface area contributed by atoms with Crippen molar-refractivity contribution < 1.29 is 19.1 Å². The predicted molar refractivity (Wildman–Crippen MR) is 98.0 cm³/mol. The van der Waals surface area contributed by atoms with Gasteiger partial charge in [0.1, 0.15) is 5.60 Å². The highest BCUT2D eigenvalue weighted by Gasteiger charge is 2.17. The van der Waals surface area contributed by atoms with E-state index in [1.807, 2.05) is 6.92 Å². The Morgan fingerprint density at radius 2 is 1.88 bits per heavy atom. The molecule has 0 atom stereocenters. The quantitative estimate of drug-likeness (QED) is 0.346. The summed E-state index contributed by atoms with van der Waals surface area (Å²) in [6, 6.07) is 1.76. The zero-order valence-electron chi connectivity index (χ0n) is 16.2. The van der Waals surface area contributed by atoms with Gasteiger partial charge in [-0.25, -0.2) is 0 Å². The van der Waals surface area contributed by atoms with Crippen molar-refractivity contribution in [3.8, 4) is 0 Å². The van der Waals surface area contributed by atoms with Crippen LogP contribution < -0.4 is 5.32 Å². The number of carbonyl (C=O) groups is 2. The lowest BCUT2D eigenvalue weighted by Gasteiger charge is -2.20. The molecule has 26 heavy (non-hydrogen) atoms. The molecule has 0 aliphatic heterocycles. The lowest BCUT2D eigenvalue weighted by molar-refractivity contribution is -0.153. The third-order valence-electron chi connectivity index (χ3n) is 3.79. The van der Waals surface area contributed by atoms with E-state index < -0.39 is 5.60 Å². The summed E-state index contributed by atoms with van der Waals surface area (Å²) in [4.78, 5) is 26.3. The standard InChI is InChI=1S/C18H26N4O4/c1-11-13(9-20-10-17(24)26-18(3,4)5)7-15(21-22-19)12(2)14(11)8-16(23)25-6/h7,20H,8-10H2,1-6H3. The Kier molecular flexibility index (Phi) is 7.61. The molecule has 0 amide bonds. The fraction of sp³-hybridized carbons (Fsp3) is 0.556. The van der Waals surface area contributed by atoms with Crippen LogP contribution in [0.2, 0.25) is 0 Å². The molecule has 1 rings (SSSR count). The van der Waals surface area contributed by atoms with Gasteiger partial charge in [0.05, 0.1) is 20.1 Å². The zero-order valence-corrected chi connectivity index (χ0v) is 16.2. The number of hydrogen-bond acceptors (Lipinski definition) is 6. The van der Waals surface area contributed by atoms with Crippen molar-refractivity contribution in [1.29, 1.82) is 0 Å². The van der Waals surface area contributed by atoms with Crippen LogP contribution in [0.25, 0.3) is 10.4 Å². The molecule has 1 aromatic carbocycles. The number of rotatable bonds is 7. The lowest BCUT2D eigenvalue weighted by Crippen LogP contribution is -2.31. The van der Waals surface area contributed by atoms with Crippen LogP contribution in [0, 0.1) is 13.8 Å². The van der Waals surface area contributed by atoms with Gasteiger partial charge in [0.25, 0.3) is 0 Å². The number of methoxy groups -OCH3 is 1. The Morgan fingerprint density at radius 3 is 2.42 bits per heavy atom. The van der Waals surface area contributed by atoms with Crippen LogP contribution >= 0.6 is 0 Å². The average Bonchev–Trinajstić information content (AvgIpc) is 2.53. The zero-order chi connectivity index (χ0) is 19.9. The molecule has 0 aliphatic carbocycles. The fourth-order valence-corrected chi connectivity index (χ4v) is 2.51. The monoisotopic (exact) mass is 362 g/mol. The number of azide groups is 1. The molecule has 0 saturated heterocycles. The van der Waals surface area contributed by atoms with E-state index in [0.29, 0.717) is 12.2 Å². The van der Waals surface area contributed by atoms with E-state index in [2.05, 4.69) is 15.3 Å². The van der Waals surface area contributed by atoms with Gasteiger partial charge in [-0.2, -0.15) is 0 Å². The SMILES string of the molecule is COC(=O)Cc1c(C)c(CNCC(=O)OC(C)(C)C)cc(N=[N+]=[N-])c1C. The highest BCUT2D eigenvalue weighted by atomic mass is 16.6. The summed E-state index contributed by atoms with van der Waals surface area (Å²) >= 11 is 0. The molecule has 0 aromatic heterocycles. The van der Waals surface area contributed by atoms with Crippen LogP contribution in [0.15, 0.2) is 11.2 Å². The molecule has 142 valence electrons. The molecule has 0 bridgehead atoms. The molecule has 1 aromatic rings. The summed E-state index contributed by atoms with van der Waals surface area (Å²) < 4.78 is 9.99. The molecule has 8 heteroatoms. The van der Waals surface area contributed by atoms with Gasteiger partial charge in [-0.3, -0.25) is 9.59 Å². The molecule has 0 spiro atoms. The Morgan fingerprint density at radius 1 is 1.23 bits per heavy atom. The van der Waals surface area contributed by atoms with Crippen molar-refractivity contribution in [2.45, 2.75) is 53.2 Å². The number of nitrogens with one attached hydrogen (secondary N) is 1. The summed E-state index contributed by atoms with van der Waals surface area (Å²) in [7, 11) is 1.33. The van der Waals surface area contributed by atoms with Gasteiger partial charge >= 0.3 is 11.9 Å². The number of ether oxygens (including phenoxy) is 2. The number of esters is 2. The van der Waals surface area contributed by atoms with Crippen molar-refractivity contribution in [3.05, 3.63) is 38.8 Å². The number of carbonyl (C=O) groups excluding carboxylic acids is 2. The van der Waals surface area contributed by atoms with Crippen molar-refractivity contribution in [2.24, 2.45) is 5.11 Å². The van der Waals surface area contributed by atoms with E-state index in [9.17, 15) is 9.59 Å². The van der Waals surface area contributed by atoms with Crippen LogP contribution in [0.5, 0.6) is 0 Å². The van der Waals surface area contributed by atoms with E-state index in [1.54, 1.807) is 33.8 Å². The van der Waals surface area contributed by atoms with Gasteiger partial charge in [-0.05, 0) is 68.5 Å². The summed E-state index contributed by atoms with van der Waals surface area (Å²) in [5.41, 5.74) is 11.9. The molecular formula is C18H26N4O4. The van der Waals surface area contributed by atoms with Crippen molar-refractivity contribution in [2.75, 3.05) is 13.7 Å². The van der Waals surface area contributed by atoms with Crippen molar-refractivity contribution in [1.82, 2.24) is 5.32 Å². The Bertz CT molecular complexity index is 732. The van der Waals surface area contributed by atoms with Crippen LogP contribution in [0.4, 0.5) is 5.69 Å². The largest absolute Gasteiger partial charge is 0.469 e. The minimum absolute atomic E-state index is 0.0494. The van der Waals surface area contributed by atoms with Crippen LogP contribution in [0.1, 0.15) is 43.0 Å². The summed E-state index contributed by atoms with van der Waals surface area (Å²) in [6.45, 7) is 9.52. The molecular weight excluding hydrogens is 336 g/mol. The molecule has 0 radical (unpaired) electrons. The van der Waals surface area contributed by atoms with Gasteiger partial charge in [0, 0.05) is 17.1 Å². The minimum Gasteiger partial charge on any atom is -0.469 e. The second kappa shape index (κ2) is 9.22. The maximum Gasteiger partial charge on any atom is 0.320 e. The average molecular weight is 362 g/mol. The van der Waals surface area contributed by atoms with Crippen LogP contribution in [-0.2, 0) is 32.0 Å². The Hall–Kier alpha value is -2.57. The Labute approximate surface area is 153 Å². The predicted octanol–water partition coefficient (Wildman–Crippen LogP) is 3.39. The maximum absolute atomic E-state index is 11.8. The van der Waals surface area contributed by atoms with Gasteiger partial charge in [-0.15, -0.1) is 0 Å².